The summed E-state index contributed by atoms with van der Waals surface area (Å²) in [5.41, 5.74) is -1.63. The molecule has 0 amide bonds. The van der Waals surface area contributed by atoms with Crippen LogP contribution in [0.4, 0.5) is 17.6 Å². The van der Waals surface area contributed by atoms with Crippen LogP contribution >= 0.6 is 0 Å². The molecule has 0 aliphatic rings. The quantitative estimate of drug-likeness (QED) is 0.864. The third-order valence-corrected chi connectivity index (χ3v) is 2.83. The molecular weight excluding hydrogens is 304 g/mol. The Morgan fingerprint density at radius 1 is 1.14 bits per heavy atom. The fraction of sp³-hybridized carbons (Fsp3) is 0.133. The Morgan fingerprint density at radius 3 is 2.32 bits per heavy atom. The number of alkyl halides is 3. The van der Waals surface area contributed by atoms with Gasteiger partial charge in [0.25, 0.3) is 0 Å². The van der Waals surface area contributed by atoms with Gasteiger partial charge >= 0.3 is 12.1 Å². The first-order valence-corrected chi connectivity index (χ1v) is 6.10. The smallest absolute Gasteiger partial charge is 0.416 e. The fourth-order valence-corrected chi connectivity index (χ4v) is 1.79. The summed E-state index contributed by atoms with van der Waals surface area (Å²) in [6.07, 6.45) is -4.84. The van der Waals surface area contributed by atoms with Gasteiger partial charge in [-0.1, -0.05) is 30.3 Å². The minimum absolute atomic E-state index is 0.163. The number of halogens is 4. The van der Waals surface area contributed by atoms with Crippen molar-refractivity contribution in [1.29, 1.82) is 0 Å². The van der Waals surface area contributed by atoms with Crippen LogP contribution in [0.1, 0.15) is 21.5 Å². The molecule has 0 heterocycles. The van der Waals surface area contributed by atoms with Gasteiger partial charge in [-0.3, -0.25) is 0 Å². The number of ether oxygens (including phenoxy) is 1. The van der Waals surface area contributed by atoms with Crippen molar-refractivity contribution in [3.05, 3.63) is 65.0 Å². The number of rotatable bonds is 4. The van der Waals surface area contributed by atoms with Crippen molar-refractivity contribution >= 4 is 5.97 Å². The Labute approximate surface area is 122 Å². The van der Waals surface area contributed by atoms with Crippen LogP contribution in [0, 0.1) is 5.82 Å². The molecule has 2 rings (SSSR count). The second-order valence-electron chi connectivity index (χ2n) is 4.41. The normalized spacial score (nSPS) is 11.3. The van der Waals surface area contributed by atoms with E-state index in [2.05, 4.69) is 0 Å². The summed E-state index contributed by atoms with van der Waals surface area (Å²) in [5, 5.41) is 8.96. The van der Waals surface area contributed by atoms with Crippen LogP contribution < -0.4 is 4.74 Å². The van der Waals surface area contributed by atoms with E-state index in [9.17, 15) is 22.4 Å². The van der Waals surface area contributed by atoms with Crippen LogP contribution in [0.15, 0.2) is 42.5 Å². The molecule has 0 atom stereocenters. The lowest BCUT2D eigenvalue weighted by Crippen LogP contribution is -2.11. The van der Waals surface area contributed by atoms with Crippen molar-refractivity contribution < 1.29 is 32.2 Å². The first-order chi connectivity index (χ1) is 10.3. The number of hydrogen-bond acceptors (Lipinski definition) is 2. The van der Waals surface area contributed by atoms with Gasteiger partial charge in [-0.05, 0) is 17.7 Å². The zero-order valence-electron chi connectivity index (χ0n) is 11.0. The summed E-state index contributed by atoms with van der Waals surface area (Å²) in [5.74, 6) is -3.79. The Morgan fingerprint density at radius 2 is 1.77 bits per heavy atom. The summed E-state index contributed by atoms with van der Waals surface area (Å²) in [7, 11) is 0. The summed E-state index contributed by atoms with van der Waals surface area (Å²) >= 11 is 0. The van der Waals surface area contributed by atoms with Gasteiger partial charge in [0.05, 0.1) is 5.56 Å². The first kappa shape index (κ1) is 15.8. The van der Waals surface area contributed by atoms with Crippen molar-refractivity contribution in [2.24, 2.45) is 0 Å². The molecule has 0 radical (unpaired) electrons. The molecule has 0 saturated carbocycles. The molecular formula is C15H10F4O3. The van der Waals surface area contributed by atoms with Crippen LogP contribution in [0.3, 0.4) is 0 Å². The number of carboxylic acid groups (broad SMARTS) is 1. The van der Waals surface area contributed by atoms with E-state index in [0.717, 1.165) is 0 Å². The van der Waals surface area contributed by atoms with Gasteiger partial charge in [0.15, 0.2) is 11.6 Å². The molecule has 0 spiro atoms. The average molecular weight is 314 g/mol. The molecule has 3 nitrogen and oxygen atoms in total. The number of benzene rings is 2. The predicted molar refractivity (Wildman–Crippen MR) is 69.1 cm³/mol. The number of carbonyl (C=O) groups is 1. The van der Waals surface area contributed by atoms with Gasteiger partial charge in [0.2, 0.25) is 0 Å². The highest BCUT2D eigenvalue weighted by Crippen LogP contribution is 2.34. The number of aromatic carboxylic acids is 1. The van der Waals surface area contributed by atoms with Crippen molar-refractivity contribution in [3.8, 4) is 5.75 Å². The Balaban J connectivity index is 2.36. The monoisotopic (exact) mass is 314 g/mol. The largest absolute Gasteiger partial charge is 0.485 e. The molecule has 2 aromatic carbocycles. The lowest BCUT2D eigenvalue weighted by molar-refractivity contribution is -0.137. The topological polar surface area (TPSA) is 46.5 Å². The van der Waals surface area contributed by atoms with Crippen LogP contribution in [-0.4, -0.2) is 11.1 Å². The Hall–Kier alpha value is -2.57. The van der Waals surface area contributed by atoms with Crippen molar-refractivity contribution in [2.45, 2.75) is 12.8 Å². The molecule has 116 valence electrons. The van der Waals surface area contributed by atoms with Crippen LogP contribution in [0.25, 0.3) is 0 Å². The maximum atomic E-state index is 13.8. The van der Waals surface area contributed by atoms with Gasteiger partial charge in [0, 0.05) is 0 Å². The molecule has 22 heavy (non-hydrogen) atoms. The van der Waals surface area contributed by atoms with E-state index >= 15 is 0 Å². The Bertz CT molecular complexity index is 681. The third kappa shape index (κ3) is 3.55. The maximum absolute atomic E-state index is 13.8. The van der Waals surface area contributed by atoms with Gasteiger partial charge < -0.3 is 9.84 Å². The third-order valence-electron chi connectivity index (χ3n) is 2.83. The molecule has 0 saturated heterocycles. The van der Waals surface area contributed by atoms with E-state index in [1.807, 2.05) is 0 Å². The Kier molecular flexibility index (Phi) is 4.35. The van der Waals surface area contributed by atoms with E-state index < -0.39 is 34.8 Å². The summed E-state index contributed by atoms with van der Waals surface area (Å²) < 4.78 is 56.7. The zero-order valence-corrected chi connectivity index (χ0v) is 11.0. The zero-order chi connectivity index (χ0) is 16.3. The highest BCUT2D eigenvalue weighted by molar-refractivity contribution is 5.91. The second kappa shape index (κ2) is 6.05. The fourth-order valence-electron chi connectivity index (χ4n) is 1.79. The van der Waals surface area contributed by atoms with Crippen LogP contribution in [0.5, 0.6) is 5.75 Å². The first-order valence-electron chi connectivity index (χ1n) is 6.10. The highest BCUT2D eigenvalue weighted by atomic mass is 19.4. The van der Waals surface area contributed by atoms with E-state index in [-0.39, 0.29) is 12.7 Å². The molecule has 0 aliphatic carbocycles. The minimum atomic E-state index is -4.84. The van der Waals surface area contributed by atoms with E-state index in [1.165, 1.54) is 0 Å². The van der Waals surface area contributed by atoms with Gasteiger partial charge in [-0.2, -0.15) is 13.2 Å². The summed E-state index contributed by atoms with van der Waals surface area (Å²) in [6.45, 7) is -0.163. The van der Waals surface area contributed by atoms with E-state index in [1.54, 1.807) is 30.3 Å². The lowest BCUT2D eigenvalue weighted by Gasteiger charge is -2.13. The maximum Gasteiger partial charge on any atom is 0.416 e. The average Bonchev–Trinajstić information content (AvgIpc) is 2.45. The molecule has 0 fully saturated rings. The van der Waals surface area contributed by atoms with Crippen molar-refractivity contribution in [3.63, 3.8) is 0 Å². The highest BCUT2D eigenvalue weighted by Gasteiger charge is 2.33. The number of hydrogen-bond donors (Lipinski definition) is 1. The van der Waals surface area contributed by atoms with E-state index in [4.69, 9.17) is 9.84 Å². The molecule has 1 N–H and O–H groups in total. The minimum Gasteiger partial charge on any atom is -0.485 e. The molecule has 0 bridgehead atoms. The van der Waals surface area contributed by atoms with Gasteiger partial charge in [-0.25, -0.2) is 9.18 Å². The number of carboxylic acids is 1. The molecule has 2 aromatic rings. The summed E-state index contributed by atoms with van der Waals surface area (Å²) in [6, 6.07) is 9.01. The molecule has 7 heteroatoms. The standard InChI is InChI=1S/C15H10F4O3/c16-12-7-10(15(17,18)19)6-11(14(20)21)13(12)22-8-9-4-2-1-3-5-9/h1-7H,8H2,(H,20,21). The van der Waals surface area contributed by atoms with Crippen molar-refractivity contribution in [2.75, 3.05) is 0 Å². The molecule has 0 unspecified atom stereocenters. The van der Waals surface area contributed by atoms with Gasteiger partial charge in [-0.15, -0.1) is 0 Å². The second-order valence-corrected chi connectivity index (χ2v) is 4.41. The van der Waals surface area contributed by atoms with Crippen molar-refractivity contribution in [1.82, 2.24) is 0 Å². The molecule has 0 aromatic heterocycles. The van der Waals surface area contributed by atoms with E-state index in [0.29, 0.717) is 11.6 Å². The summed E-state index contributed by atoms with van der Waals surface area (Å²) in [4.78, 5) is 11.1. The lowest BCUT2D eigenvalue weighted by atomic mass is 10.1. The SMILES string of the molecule is O=C(O)c1cc(C(F)(F)F)cc(F)c1OCc1ccccc1. The van der Waals surface area contributed by atoms with Crippen LogP contribution in [-0.2, 0) is 12.8 Å². The molecule has 0 aliphatic heterocycles. The van der Waals surface area contributed by atoms with Crippen LogP contribution in [0.2, 0.25) is 0 Å². The van der Waals surface area contributed by atoms with Gasteiger partial charge in [0.1, 0.15) is 12.2 Å². The predicted octanol–water partition coefficient (Wildman–Crippen LogP) is 4.12.